The number of fused-ring (bicyclic) bond motifs is 1. The third kappa shape index (κ3) is 2.87. The third-order valence-electron chi connectivity index (χ3n) is 2.96. The summed E-state index contributed by atoms with van der Waals surface area (Å²) in [4.78, 5) is 32.2. The molecule has 2 aromatic rings. The smallest absolute Gasteiger partial charge is 0.289 e. The highest BCUT2D eigenvalue weighted by atomic mass is 79.9. The molecule has 0 radical (unpaired) electrons. The van der Waals surface area contributed by atoms with Crippen LogP contribution in [0.3, 0.4) is 0 Å². The van der Waals surface area contributed by atoms with Gasteiger partial charge in [0.15, 0.2) is 5.78 Å². The van der Waals surface area contributed by atoms with E-state index < -0.39 is 5.91 Å². The first kappa shape index (κ1) is 13.6. The number of allylic oxidation sites excluding steroid dienone is 1. The number of hydrogen-bond acceptors (Lipinski definition) is 3. The molecule has 0 aliphatic carbocycles. The first-order valence-corrected chi connectivity index (χ1v) is 7.01. The molecule has 21 heavy (non-hydrogen) atoms. The molecule has 1 amide bonds. The van der Waals surface area contributed by atoms with Gasteiger partial charge in [0.05, 0.1) is 10.7 Å². The number of nitrogens with zero attached hydrogens (tertiary/aromatic N) is 2. The standard InChI is InChI=1S/C16H9BrN2O2/c17-11-7-5-10(6-8-11)15(20)9-14-16(21)19-13-4-2-1-3-12(13)18-14/h1-9H/b14-9-. The molecule has 1 aliphatic rings. The van der Waals surface area contributed by atoms with Crippen molar-refractivity contribution >= 4 is 27.6 Å². The average Bonchev–Trinajstić information content (AvgIpc) is 2.48. The summed E-state index contributed by atoms with van der Waals surface area (Å²) in [7, 11) is 0. The number of carbonyl (C=O) groups is 2. The molecule has 5 heteroatoms. The van der Waals surface area contributed by atoms with Gasteiger partial charge in [-0.2, -0.15) is 0 Å². The van der Waals surface area contributed by atoms with Crippen LogP contribution in [0.2, 0.25) is 0 Å². The van der Waals surface area contributed by atoms with Crippen molar-refractivity contribution in [1.82, 2.24) is 0 Å². The number of halogens is 1. The van der Waals surface area contributed by atoms with Crippen LogP contribution in [0, 0.1) is 0 Å². The number of ketones is 1. The predicted octanol–water partition coefficient (Wildman–Crippen LogP) is 2.00. The SMILES string of the molecule is O=C1N=c2ccccc2=N/C1=C\C(=O)c1ccc(Br)cc1. The van der Waals surface area contributed by atoms with E-state index in [1.165, 1.54) is 6.08 Å². The average molecular weight is 341 g/mol. The van der Waals surface area contributed by atoms with Crippen LogP contribution < -0.4 is 10.7 Å². The monoisotopic (exact) mass is 340 g/mol. The van der Waals surface area contributed by atoms with E-state index in [1.54, 1.807) is 42.5 Å². The molecule has 0 atom stereocenters. The van der Waals surface area contributed by atoms with E-state index in [1.807, 2.05) is 6.07 Å². The topological polar surface area (TPSA) is 58.9 Å². The van der Waals surface area contributed by atoms with Gasteiger partial charge in [0.1, 0.15) is 5.70 Å². The van der Waals surface area contributed by atoms with E-state index >= 15 is 0 Å². The van der Waals surface area contributed by atoms with Gasteiger partial charge in [-0.15, -0.1) is 0 Å². The maximum atomic E-state index is 12.1. The molecule has 0 aromatic heterocycles. The Balaban J connectivity index is 2.01. The van der Waals surface area contributed by atoms with E-state index in [0.29, 0.717) is 16.3 Å². The molecule has 1 heterocycles. The molecule has 0 bridgehead atoms. The summed E-state index contributed by atoms with van der Waals surface area (Å²) in [5.74, 6) is -0.775. The summed E-state index contributed by atoms with van der Waals surface area (Å²) in [5, 5.41) is 1.11. The van der Waals surface area contributed by atoms with Crippen molar-refractivity contribution < 1.29 is 9.59 Å². The highest BCUT2D eigenvalue weighted by molar-refractivity contribution is 9.10. The number of para-hydroxylation sites is 2. The van der Waals surface area contributed by atoms with Crippen LogP contribution >= 0.6 is 15.9 Å². The molecule has 0 unspecified atom stereocenters. The summed E-state index contributed by atoms with van der Waals surface area (Å²) in [5.41, 5.74) is 0.550. The van der Waals surface area contributed by atoms with Crippen LogP contribution in [-0.4, -0.2) is 11.7 Å². The fourth-order valence-corrected chi connectivity index (χ4v) is 2.18. The van der Waals surface area contributed by atoms with E-state index in [4.69, 9.17) is 0 Å². The van der Waals surface area contributed by atoms with E-state index in [0.717, 1.165) is 4.47 Å². The van der Waals surface area contributed by atoms with Crippen molar-refractivity contribution in [3.63, 3.8) is 0 Å². The van der Waals surface area contributed by atoms with Gasteiger partial charge in [-0.25, -0.2) is 9.98 Å². The zero-order valence-corrected chi connectivity index (χ0v) is 12.4. The third-order valence-corrected chi connectivity index (χ3v) is 3.49. The zero-order valence-electron chi connectivity index (χ0n) is 10.8. The number of rotatable bonds is 2. The Kier molecular flexibility index (Phi) is 3.58. The molecule has 3 rings (SSSR count). The lowest BCUT2D eigenvalue weighted by Crippen LogP contribution is -2.30. The fraction of sp³-hybridized carbons (Fsp3) is 0. The molecule has 0 N–H and O–H groups in total. The molecule has 2 aromatic carbocycles. The van der Waals surface area contributed by atoms with Crippen LogP contribution in [0.1, 0.15) is 10.4 Å². The highest BCUT2D eigenvalue weighted by Gasteiger charge is 2.14. The van der Waals surface area contributed by atoms with Gasteiger partial charge in [-0.3, -0.25) is 9.59 Å². The van der Waals surface area contributed by atoms with Gasteiger partial charge >= 0.3 is 0 Å². The summed E-state index contributed by atoms with van der Waals surface area (Å²) in [6, 6.07) is 14.0. The van der Waals surface area contributed by atoms with E-state index in [-0.39, 0.29) is 11.5 Å². The lowest BCUT2D eigenvalue weighted by molar-refractivity contribution is -0.114. The normalized spacial score (nSPS) is 15.1. The van der Waals surface area contributed by atoms with Crippen molar-refractivity contribution in [3.05, 3.63) is 81.1 Å². The van der Waals surface area contributed by atoms with Gasteiger partial charge in [0.2, 0.25) is 0 Å². The summed E-state index contributed by atoms with van der Waals surface area (Å²) in [6.07, 6.45) is 1.23. The highest BCUT2D eigenvalue weighted by Crippen LogP contribution is 2.12. The second-order valence-corrected chi connectivity index (χ2v) is 5.33. The minimum atomic E-state index is -0.501. The van der Waals surface area contributed by atoms with Crippen LogP contribution in [-0.2, 0) is 4.79 Å². The molecular formula is C16H9BrN2O2. The molecule has 1 aliphatic heterocycles. The summed E-state index contributed by atoms with van der Waals surface area (Å²) >= 11 is 3.31. The lowest BCUT2D eigenvalue weighted by Gasteiger charge is -2.02. The Hall–Kier alpha value is -2.40. The van der Waals surface area contributed by atoms with Crippen LogP contribution in [0.5, 0.6) is 0 Å². The summed E-state index contributed by atoms with van der Waals surface area (Å²) in [6.45, 7) is 0. The van der Waals surface area contributed by atoms with Crippen molar-refractivity contribution in [3.8, 4) is 0 Å². The van der Waals surface area contributed by atoms with Crippen LogP contribution in [0.25, 0.3) is 0 Å². The quantitative estimate of drug-likeness (QED) is 0.620. The predicted molar refractivity (Wildman–Crippen MR) is 80.3 cm³/mol. The van der Waals surface area contributed by atoms with Gasteiger partial charge in [0, 0.05) is 16.1 Å². The van der Waals surface area contributed by atoms with Gasteiger partial charge in [-0.05, 0) is 36.4 Å². The number of amides is 1. The van der Waals surface area contributed by atoms with E-state index in [9.17, 15) is 9.59 Å². The molecule has 102 valence electrons. The molecule has 0 saturated carbocycles. The Bertz CT molecular complexity index is 883. The van der Waals surface area contributed by atoms with E-state index in [2.05, 4.69) is 25.9 Å². The van der Waals surface area contributed by atoms with Gasteiger partial charge in [0.25, 0.3) is 5.91 Å². The van der Waals surface area contributed by atoms with Crippen molar-refractivity contribution in [1.29, 1.82) is 0 Å². The number of hydrogen-bond donors (Lipinski definition) is 0. The maximum Gasteiger partial charge on any atom is 0.296 e. The second kappa shape index (κ2) is 5.54. The Morgan fingerprint density at radius 3 is 2.24 bits per heavy atom. The molecule has 0 spiro atoms. The molecular weight excluding hydrogens is 332 g/mol. The maximum absolute atomic E-state index is 12.1. The first-order valence-electron chi connectivity index (χ1n) is 6.22. The Morgan fingerprint density at radius 2 is 1.57 bits per heavy atom. The van der Waals surface area contributed by atoms with Gasteiger partial charge in [-0.1, -0.05) is 28.1 Å². The van der Waals surface area contributed by atoms with Crippen molar-refractivity contribution in [2.75, 3.05) is 0 Å². The molecule has 0 saturated heterocycles. The first-order chi connectivity index (χ1) is 10.1. The minimum Gasteiger partial charge on any atom is -0.289 e. The largest absolute Gasteiger partial charge is 0.296 e. The zero-order chi connectivity index (χ0) is 14.8. The Labute approximate surface area is 128 Å². The van der Waals surface area contributed by atoms with Crippen LogP contribution in [0.4, 0.5) is 0 Å². The van der Waals surface area contributed by atoms with Crippen molar-refractivity contribution in [2.24, 2.45) is 9.98 Å². The molecule has 4 nitrogen and oxygen atoms in total. The van der Waals surface area contributed by atoms with Gasteiger partial charge < -0.3 is 0 Å². The minimum absolute atomic E-state index is 0.0571. The van der Waals surface area contributed by atoms with Crippen LogP contribution in [0.15, 0.2) is 74.8 Å². The van der Waals surface area contributed by atoms with Crippen molar-refractivity contribution in [2.45, 2.75) is 0 Å². The lowest BCUT2D eigenvalue weighted by atomic mass is 10.1. The second-order valence-electron chi connectivity index (χ2n) is 4.42. The number of benzene rings is 2. The summed E-state index contributed by atoms with van der Waals surface area (Å²) < 4.78 is 0.883. The Morgan fingerprint density at radius 1 is 0.952 bits per heavy atom. The molecule has 0 fully saturated rings. The fourth-order valence-electron chi connectivity index (χ4n) is 1.91. The number of carbonyl (C=O) groups excluding carboxylic acids is 2.